The van der Waals surface area contributed by atoms with Crippen LogP contribution in [-0.2, 0) is 6.42 Å². The van der Waals surface area contributed by atoms with Crippen LogP contribution in [0.4, 0.5) is 0 Å². The molecule has 2 rings (SSSR count). The van der Waals surface area contributed by atoms with Crippen LogP contribution in [0.5, 0.6) is 5.75 Å². The number of likely N-dealkylation sites (N-methyl/N-ethyl adjacent to an activating group) is 1. The summed E-state index contributed by atoms with van der Waals surface area (Å²) in [6, 6.07) is 16.3. The molecule has 1 unspecified atom stereocenters. The highest BCUT2D eigenvalue weighted by Crippen LogP contribution is 2.16. The zero-order valence-electron chi connectivity index (χ0n) is 11.3. The van der Waals surface area contributed by atoms with Crippen LogP contribution in [0.1, 0.15) is 5.56 Å². The van der Waals surface area contributed by atoms with Gasteiger partial charge in [0.25, 0.3) is 0 Å². The fourth-order valence-corrected chi connectivity index (χ4v) is 2.36. The van der Waals surface area contributed by atoms with Crippen LogP contribution in [-0.4, -0.2) is 19.7 Å². The molecular formula is C16H17ClINO. The summed E-state index contributed by atoms with van der Waals surface area (Å²) in [5, 5.41) is 4.02. The van der Waals surface area contributed by atoms with Crippen molar-refractivity contribution in [2.24, 2.45) is 0 Å². The number of ether oxygens (including phenoxy) is 1. The lowest BCUT2D eigenvalue weighted by molar-refractivity contribution is 0.270. The highest BCUT2D eigenvalue weighted by molar-refractivity contribution is 14.1. The van der Waals surface area contributed by atoms with Gasteiger partial charge in [0.15, 0.2) is 0 Å². The van der Waals surface area contributed by atoms with Crippen LogP contribution in [0.3, 0.4) is 0 Å². The maximum absolute atomic E-state index is 5.85. The molecule has 20 heavy (non-hydrogen) atoms. The molecule has 0 heterocycles. The van der Waals surface area contributed by atoms with Crippen LogP contribution >= 0.6 is 34.2 Å². The van der Waals surface area contributed by atoms with Crippen molar-refractivity contribution >= 4 is 34.2 Å². The Morgan fingerprint density at radius 2 is 1.75 bits per heavy atom. The van der Waals surface area contributed by atoms with Crippen LogP contribution in [0.15, 0.2) is 48.5 Å². The highest BCUT2D eigenvalue weighted by atomic mass is 127. The Kier molecular flexibility index (Phi) is 6.13. The summed E-state index contributed by atoms with van der Waals surface area (Å²) in [6.07, 6.45) is 0.945. The van der Waals surface area contributed by atoms with Gasteiger partial charge in [-0.15, -0.1) is 0 Å². The van der Waals surface area contributed by atoms with E-state index in [1.807, 2.05) is 31.3 Å². The quantitative estimate of drug-likeness (QED) is 0.734. The van der Waals surface area contributed by atoms with Gasteiger partial charge in [-0.3, -0.25) is 0 Å². The fraction of sp³-hybridized carbons (Fsp3) is 0.250. The van der Waals surface area contributed by atoms with Gasteiger partial charge in [-0.2, -0.15) is 0 Å². The van der Waals surface area contributed by atoms with E-state index in [1.165, 1.54) is 9.13 Å². The Labute approximate surface area is 138 Å². The van der Waals surface area contributed by atoms with Crippen LogP contribution in [0, 0.1) is 3.57 Å². The van der Waals surface area contributed by atoms with Crippen LogP contribution in [0.25, 0.3) is 0 Å². The van der Waals surface area contributed by atoms with E-state index in [0.29, 0.717) is 6.61 Å². The first-order chi connectivity index (χ1) is 9.67. The van der Waals surface area contributed by atoms with Gasteiger partial charge in [0.2, 0.25) is 0 Å². The predicted molar refractivity (Wildman–Crippen MR) is 92.7 cm³/mol. The summed E-state index contributed by atoms with van der Waals surface area (Å²) in [6.45, 7) is 0.629. The SMILES string of the molecule is CNC(COc1ccc(Cl)cc1)Cc1ccc(I)cc1. The van der Waals surface area contributed by atoms with Gasteiger partial charge in [-0.05, 0) is 78.0 Å². The summed E-state index contributed by atoms with van der Waals surface area (Å²) in [5.74, 6) is 0.845. The van der Waals surface area contributed by atoms with E-state index in [0.717, 1.165) is 17.2 Å². The summed E-state index contributed by atoms with van der Waals surface area (Å²) in [5.41, 5.74) is 1.31. The molecule has 0 aliphatic rings. The second-order valence-corrected chi connectivity index (χ2v) is 6.26. The predicted octanol–water partition coefficient (Wildman–Crippen LogP) is 4.15. The molecule has 0 bridgehead atoms. The molecular weight excluding hydrogens is 385 g/mol. The van der Waals surface area contributed by atoms with Gasteiger partial charge >= 0.3 is 0 Å². The molecule has 0 saturated heterocycles. The smallest absolute Gasteiger partial charge is 0.119 e. The first-order valence-corrected chi connectivity index (χ1v) is 7.93. The van der Waals surface area contributed by atoms with E-state index < -0.39 is 0 Å². The minimum absolute atomic E-state index is 0.283. The molecule has 2 aromatic carbocycles. The van der Waals surface area contributed by atoms with E-state index in [-0.39, 0.29) is 6.04 Å². The van der Waals surface area contributed by atoms with Crippen molar-refractivity contribution in [3.63, 3.8) is 0 Å². The average Bonchev–Trinajstić information content (AvgIpc) is 2.47. The van der Waals surface area contributed by atoms with E-state index in [9.17, 15) is 0 Å². The molecule has 0 aliphatic carbocycles. The number of nitrogens with one attached hydrogen (secondary N) is 1. The molecule has 1 N–H and O–H groups in total. The third-order valence-electron chi connectivity index (χ3n) is 3.07. The van der Waals surface area contributed by atoms with Crippen molar-refractivity contribution in [3.05, 3.63) is 62.7 Å². The van der Waals surface area contributed by atoms with Crippen molar-refractivity contribution in [2.45, 2.75) is 12.5 Å². The molecule has 1 atom stereocenters. The first kappa shape index (κ1) is 15.6. The lowest BCUT2D eigenvalue weighted by atomic mass is 10.1. The Balaban J connectivity index is 1.88. The van der Waals surface area contributed by atoms with Gasteiger partial charge in [0.05, 0.1) is 0 Å². The minimum atomic E-state index is 0.283. The zero-order valence-corrected chi connectivity index (χ0v) is 14.2. The Hall–Kier alpha value is -0.780. The monoisotopic (exact) mass is 401 g/mol. The van der Waals surface area contributed by atoms with Gasteiger partial charge in [-0.1, -0.05) is 23.7 Å². The highest BCUT2D eigenvalue weighted by Gasteiger charge is 2.08. The maximum Gasteiger partial charge on any atom is 0.119 e. The fourth-order valence-electron chi connectivity index (χ4n) is 1.88. The first-order valence-electron chi connectivity index (χ1n) is 6.47. The normalized spacial score (nSPS) is 12.2. The lowest BCUT2D eigenvalue weighted by Gasteiger charge is -2.17. The molecule has 2 nitrogen and oxygen atoms in total. The van der Waals surface area contributed by atoms with E-state index in [2.05, 4.69) is 52.2 Å². The second-order valence-electron chi connectivity index (χ2n) is 4.58. The van der Waals surface area contributed by atoms with Crippen molar-refractivity contribution in [1.82, 2.24) is 5.32 Å². The van der Waals surface area contributed by atoms with Gasteiger partial charge in [0, 0.05) is 14.6 Å². The van der Waals surface area contributed by atoms with Crippen LogP contribution in [0.2, 0.25) is 5.02 Å². The molecule has 0 radical (unpaired) electrons. The molecule has 4 heteroatoms. The number of hydrogen-bond donors (Lipinski definition) is 1. The Morgan fingerprint density at radius 3 is 2.35 bits per heavy atom. The molecule has 106 valence electrons. The topological polar surface area (TPSA) is 21.3 Å². The summed E-state index contributed by atoms with van der Waals surface area (Å²) in [7, 11) is 1.96. The van der Waals surface area contributed by atoms with Crippen molar-refractivity contribution in [1.29, 1.82) is 0 Å². The van der Waals surface area contributed by atoms with E-state index in [1.54, 1.807) is 0 Å². The largest absolute Gasteiger partial charge is 0.492 e. The minimum Gasteiger partial charge on any atom is -0.492 e. The lowest BCUT2D eigenvalue weighted by Crippen LogP contribution is -2.33. The van der Waals surface area contributed by atoms with Gasteiger partial charge < -0.3 is 10.1 Å². The van der Waals surface area contributed by atoms with E-state index >= 15 is 0 Å². The molecule has 2 aromatic rings. The summed E-state index contributed by atoms with van der Waals surface area (Å²) < 4.78 is 7.04. The van der Waals surface area contributed by atoms with Crippen LogP contribution < -0.4 is 10.1 Å². The number of halogens is 2. The summed E-state index contributed by atoms with van der Waals surface area (Å²) >= 11 is 8.17. The third-order valence-corrected chi connectivity index (χ3v) is 4.04. The van der Waals surface area contributed by atoms with Crippen molar-refractivity contribution in [2.75, 3.05) is 13.7 Å². The summed E-state index contributed by atoms with van der Waals surface area (Å²) in [4.78, 5) is 0. The van der Waals surface area contributed by atoms with Crippen molar-refractivity contribution in [3.8, 4) is 5.75 Å². The van der Waals surface area contributed by atoms with Gasteiger partial charge in [-0.25, -0.2) is 0 Å². The Bertz CT molecular complexity index is 527. The maximum atomic E-state index is 5.85. The second kappa shape index (κ2) is 7.86. The standard InChI is InChI=1S/C16H17ClINO/c1-19-15(10-12-2-6-14(18)7-3-12)11-20-16-8-4-13(17)5-9-16/h2-9,15,19H,10-11H2,1H3. The third kappa shape index (κ3) is 4.96. The molecule has 0 amide bonds. The van der Waals surface area contributed by atoms with Crippen molar-refractivity contribution < 1.29 is 4.74 Å². The van der Waals surface area contributed by atoms with E-state index in [4.69, 9.17) is 16.3 Å². The number of benzene rings is 2. The molecule has 0 saturated carbocycles. The molecule has 0 aromatic heterocycles. The number of hydrogen-bond acceptors (Lipinski definition) is 2. The van der Waals surface area contributed by atoms with Gasteiger partial charge in [0.1, 0.15) is 12.4 Å². The molecule has 0 fully saturated rings. The number of rotatable bonds is 6. The molecule has 0 spiro atoms. The average molecular weight is 402 g/mol. The Morgan fingerprint density at radius 1 is 1.10 bits per heavy atom. The zero-order chi connectivity index (χ0) is 14.4. The molecule has 0 aliphatic heterocycles.